The molecule has 0 radical (unpaired) electrons. The highest BCUT2D eigenvalue weighted by atomic mass is 16.2. The smallest absolute Gasteiger partial charge is 0.261 e. The molecule has 3 aromatic rings. The van der Waals surface area contributed by atoms with Crippen molar-refractivity contribution in [3.05, 3.63) is 107 Å². The number of imide groups is 1. The third-order valence-corrected chi connectivity index (χ3v) is 7.21. The van der Waals surface area contributed by atoms with Gasteiger partial charge in [0.15, 0.2) is 0 Å². The molecule has 1 saturated carbocycles. The zero-order chi connectivity index (χ0) is 22.1. The van der Waals surface area contributed by atoms with Crippen LogP contribution in [0.4, 0.5) is 0 Å². The first-order valence-corrected chi connectivity index (χ1v) is 11.2. The highest BCUT2D eigenvalue weighted by Gasteiger charge is 2.49. The summed E-state index contributed by atoms with van der Waals surface area (Å²) in [4.78, 5) is 27.9. The number of terminal acetylenes is 1. The molecule has 0 saturated heterocycles. The summed E-state index contributed by atoms with van der Waals surface area (Å²) >= 11 is 0. The number of benzene rings is 3. The Hall–Kier alpha value is -3.64. The Balaban J connectivity index is 1.55. The quantitative estimate of drug-likeness (QED) is 0.416. The van der Waals surface area contributed by atoms with Crippen molar-refractivity contribution in [1.82, 2.24) is 4.90 Å². The largest absolute Gasteiger partial charge is 0.271 e. The molecule has 32 heavy (non-hydrogen) atoms. The minimum absolute atomic E-state index is 0.0244. The minimum atomic E-state index is -0.195. The lowest BCUT2D eigenvalue weighted by molar-refractivity contribution is 0.0428. The van der Waals surface area contributed by atoms with Crippen molar-refractivity contribution in [3.63, 3.8) is 0 Å². The van der Waals surface area contributed by atoms with E-state index in [0.29, 0.717) is 17.5 Å². The number of carbonyl (C=O) groups is 2. The minimum Gasteiger partial charge on any atom is -0.271 e. The summed E-state index contributed by atoms with van der Waals surface area (Å²) in [6, 6.07) is 28.0. The van der Waals surface area contributed by atoms with Crippen molar-refractivity contribution < 1.29 is 9.59 Å². The fraction of sp³-hybridized carbons (Fsp3) is 0.241. The van der Waals surface area contributed by atoms with Gasteiger partial charge in [0.2, 0.25) is 0 Å². The van der Waals surface area contributed by atoms with Crippen LogP contribution in [0.25, 0.3) is 0 Å². The molecule has 0 spiro atoms. The van der Waals surface area contributed by atoms with Crippen molar-refractivity contribution in [1.29, 1.82) is 0 Å². The van der Waals surface area contributed by atoms with E-state index in [9.17, 15) is 9.59 Å². The third-order valence-electron chi connectivity index (χ3n) is 7.21. The van der Waals surface area contributed by atoms with Crippen LogP contribution in [0.2, 0.25) is 0 Å². The number of fused-ring (bicyclic) bond motifs is 1. The van der Waals surface area contributed by atoms with Gasteiger partial charge < -0.3 is 0 Å². The fourth-order valence-electron chi connectivity index (χ4n) is 5.73. The monoisotopic (exact) mass is 419 g/mol. The Morgan fingerprint density at radius 3 is 1.81 bits per heavy atom. The Bertz CT molecular complexity index is 1120. The standard InChI is InChI=1S/C29H25NO2/c1-2-11-21-20-29(22-12-5-3-6-13-22,23-14-7-4-8-15-23)19-18-26(21)30-27(31)24-16-9-10-17-25(24)28(30)32/h1,3-10,12-17,21,26H,11,18-20H2. The maximum absolute atomic E-state index is 13.2. The van der Waals surface area contributed by atoms with Crippen LogP contribution in [0.15, 0.2) is 84.9 Å². The van der Waals surface area contributed by atoms with Gasteiger partial charge in [-0.2, -0.15) is 0 Å². The molecule has 0 bridgehead atoms. The van der Waals surface area contributed by atoms with Crippen molar-refractivity contribution in [2.75, 3.05) is 0 Å². The number of rotatable bonds is 4. The predicted molar refractivity (Wildman–Crippen MR) is 125 cm³/mol. The summed E-state index contributed by atoms with van der Waals surface area (Å²) in [5, 5.41) is 0. The van der Waals surface area contributed by atoms with Crippen LogP contribution in [0.5, 0.6) is 0 Å². The fourth-order valence-corrected chi connectivity index (χ4v) is 5.73. The molecule has 5 rings (SSSR count). The van der Waals surface area contributed by atoms with E-state index in [2.05, 4.69) is 54.5 Å². The Morgan fingerprint density at radius 1 is 0.812 bits per heavy atom. The van der Waals surface area contributed by atoms with Gasteiger partial charge in [0.25, 0.3) is 11.8 Å². The van der Waals surface area contributed by atoms with Gasteiger partial charge in [0.1, 0.15) is 0 Å². The maximum Gasteiger partial charge on any atom is 0.261 e. The van der Waals surface area contributed by atoms with Crippen LogP contribution >= 0.6 is 0 Å². The summed E-state index contributed by atoms with van der Waals surface area (Å²) in [5.74, 6) is 2.48. The van der Waals surface area contributed by atoms with Gasteiger partial charge in [-0.05, 0) is 48.4 Å². The Morgan fingerprint density at radius 2 is 1.31 bits per heavy atom. The second kappa shape index (κ2) is 8.13. The topological polar surface area (TPSA) is 37.4 Å². The number of hydrogen-bond donors (Lipinski definition) is 0. The van der Waals surface area contributed by atoms with E-state index in [4.69, 9.17) is 6.42 Å². The lowest BCUT2D eigenvalue weighted by atomic mass is 9.60. The van der Waals surface area contributed by atoms with E-state index >= 15 is 0 Å². The highest BCUT2D eigenvalue weighted by molar-refractivity contribution is 6.21. The second-order valence-corrected chi connectivity index (χ2v) is 8.82. The van der Waals surface area contributed by atoms with Crippen LogP contribution in [-0.2, 0) is 5.41 Å². The molecule has 1 heterocycles. The van der Waals surface area contributed by atoms with Gasteiger partial charge in [-0.1, -0.05) is 72.8 Å². The normalized spacial score (nSPS) is 21.8. The molecule has 3 nitrogen and oxygen atoms in total. The first-order chi connectivity index (χ1) is 15.7. The molecule has 1 aliphatic heterocycles. The molecule has 0 aromatic heterocycles. The summed E-state index contributed by atoms with van der Waals surface area (Å²) in [5.41, 5.74) is 3.32. The van der Waals surface area contributed by atoms with E-state index in [1.54, 1.807) is 12.1 Å². The molecule has 2 atom stereocenters. The van der Waals surface area contributed by atoms with Crippen LogP contribution in [0.1, 0.15) is 57.5 Å². The molecule has 0 N–H and O–H groups in total. The number of hydrogen-bond acceptors (Lipinski definition) is 2. The Labute approximate surface area is 189 Å². The van der Waals surface area contributed by atoms with Gasteiger partial charge in [0.05, 0.1) is 11.1 Å². The van der Waals surface area contributed by atoms with Crippen LogP contribution in [0, 0.1) is 18.3 Å². The van der Waals surface area contributed by atoms with E-state index in [0.717, 1.165) is 19.3 Å². The molecule has 2 amide bonds. The van der Waals surface area contributed by atoms with Crippen LogP contribution in [-0.4, -0.2) is 22.8 Å². The highest BCUT2D eigenvalue weighted by Crippen LogP contribution is 2.49. The molecular formula is C29H25NO2. The number of carbonyl (C=O) groups excluding carboxylic acids is 2. The molecule has 1 aliphatic carbocycles. The summed E-state index contributed by atoms with van der Waals surface area (Å²) < 4.78 is 0. The summed E-state index contributed by atoms with van der Waals surface area (Å²) in [7, 11) is 0. The average molecular weight is 420 g/mol. The van der Waals surface area contributed by atoms with E-state index in [1.165, 1.54) is 16.0 Å². The van der Waals surface area contributed by atoms with Crippen LogP contribution < -0.4 is 0 Å². The van der Waals surface area contributed by atoms with Gasteiger partial charge in [-0.3, -0.25) is 14.5 Å². The zero-order valence-electron chi connectivity index (χ0n) is 17.9. The molecule has 3 heteroatoms. The van der Waals surface area contributed by atoms with E-state index in [1.807, 2.05) is 24.3 Å². The third kappa shape index (κ3) is 3.15. The summed E-state index contributed by atoms with van der Waals surface area (Å²) in [6.07, 6.45) is 8.69. The van der Waals surface area contributed by atoms with Crippen molar-refractivity contribution in [2.45, 2.75) is 37.1 Å². The number of amides is 2. The SMILES string of the molecule is C#CCC1CC(c2ccccc2)(c2ccccc2)CCC1N1C(=O)c2ccccc2C1=O. The van der Waals surface area contributed by atoms with Crippen molar-refractivity contribution in [3.8, 4) is 12.3 Å². The summed E-state index contributed by atoms with van der Waals surface area (Å²) in [6.45, 7) is 0. The molecule has 2 unspecified atom stereocenters. The van der Waals surface area contributed by atoms with E-state index < -0.39 is 0 Å². The average Bonchev–Trinajstić information content (AvgIpc) is 3.10. The first-order valence-electron chi connectivity index (χ1n) is 11.2. The lowest BCUT2D eigenvalue weighted by Gasteiger charge is -2.47. The molecular weight excluding hydrogens is 394 g/mol. The first kappa shape index (κ1) is 20.3. The molecule has 158 valence electrons. The molecule has 3 aromatic carbocycles. The van der Waals surface area contributed by atoms with Gasteiger partial charge in [-0.15, -0.1) is 12.3 Å². The van der Waals surface area contributed by atoms with Gasteiger partial charge in [-0.25, -0.2) is 0 Å². The van der Waals surface area contributed by atoms with E-state index in [-0.39, 0.29) is 29.2 Å². The molecule has 2 aliphatic rings. The van der Waals surface area contributed by atoms with Crippen molar-refractivity contribution in [2.24, 2.45) is 5.92 Å². The number of nitrogens with zero attached hydrogens (tertiary/aromatic N) is 1. The second-order valence-electron chi connectivity index (χ2n) is 8.82. The lowest BCUT2D eigenvalue weighted by Crippen LogP contribution is -2.50. The predicted octanol–water partition coefficient (Wildman–Crippen LogP) is 5.46. The molecule has 1 fully saturated rings. The van der Waals surface area contributed by atoms with Gasteiger partial charge in [0, 0.05) is 17.9 Å². The zero-order valence-corrected chi connectivity index (χ0v) is 17.9. The van der Waals surface area contributed by atoms with Crippen LogP contribution in [0.3, 0.4) is 0 Å². The van der Waals surface area contributed by atoms with Crippen molar-refractivity contribution >= 4 is 11.8 Å². The maximum atomic E-state index is 13.2. The Kier molecular flexibility index (Phi) is 5.15. The van der Waals surface area contributed by atoms with Gasteiger partial charge >= 0.3 is 0 Å².